The van der Waals surface area contributed by atoms with Gasteiger partial charge in [0.2, 0.25) is 0 Å². The van der Waals surface area contributed by atoms with Crippen LogP contribution >= 0.6 is 0 Å². The Morgan fingerprint density at radius 3 is 2.59 bits per heavy atom. The molecule has 0 spiro atoms. The summed E-state index contributed by atoms with van der Waals surface area (Å²) in [6, 6.07) is 13.8. The van der Waals surface area contributed by atoms with Gasteiger partial charge in [-0.1, -0.05) is 49.4 Å². The average Bonchev–Trinajstić information content (AvgIpc) is 2.92. The first kappa shape index (κ1) is 18.3. The second-order valence-electron chi connectivity index (χ2n) is 6.06. The SMILES string of the molecule is CC[C@@]1(c2ccccc2)NC(=O)N(NC(=O)/C=C/c2cccc(F)c2)C1=O. The zero-order valence-corrected chi connectivity index (χ0v) is 14.6. The van der Waals surface area contributed by atoms with Gasteiger partial charge in [0.1, 0.15) is 11.4 Å². The molecular formula is C20H18FN3O3. The van der Waals surface area contributed by atoms with Crippen molar-refractivity contribution in [2.24, 2.45) is 0 Å². The Hall–Kier alpha value is -3.48. The summed E-state index contributed by atoms with van der Waals surface area (Å²) < 4.78 is 13.2. The maximum atomic E-state index is 13.2. The Morgan fingerprint density at radius 2 is 1.93 bits per heavy atom. The summed E-state index contributed by atoms with van der Waals surface area (Å²) in [4.78, 5) is 37.3. The third-order valence-electron chi connectivity index (χ3n) is 4.39. The minimum absolute atomic E-state index is 0.326. The van der Waals surface area contributed by atoms with Gasteiger partial charge in [-0.2, -0.15) is 5.01 Å². The average molecular weight is 367 g/mol. The van der Waals surface area contributed by atoms with Crippen molar-refractivity contribution in [2.75, 3.05) is 0 Å². The van der Waals surface area contributed by atoms with Crippen LogP contribution in [-0.4, -0.2) is 22.9 Å². The van der Waals surface area contributed by atoms with Crippen LogP contribution in [0.2, 0.25) is 0 Å². The highest BCUT2D eigenvalue weighted by molar-refractivity contribution is 6.09. The number of benzene rings is 2. The number of amides is 4. The molecule has 1 aliphatic rings. The van der Waals surface area contributed by atoms with Crippen LogP contribution < -0.4 is 10.7 Å². The molecule has 1 atom stereocenters. The van der Waals surface area contributed by atoms with Gasteiger partial charge in [-0.25, -0.2) is 9.18 Å². The summed E-state index contributed by atoms with van der Waals surface area (Å²) in [6.45, 7) is 1.78. The van der Waals surface area contributed by atoms with Crippen LogP contribution in [0.4, 0.5) is 9.18 Å². The zero-order valence-electron chi connectivity index (χ0n) is 14.6. The van der Waals surface area contributed by atoms with E-state index in [0.717, 1.165) is 6.08 Å². The third-order valence-corrected chi connectivity index (χ3v) is 4.39. The predicted octanol–water partition coefficient (Wildman–Crippen LogP) is 2.73. The van der Waals surface area contributed by atoms with Crippen LogP contribution in [0.5, 0.6) is 0 Å². The van der Waals surface area contributed by atoms with E-state index < -0.39 is 29.2 Å². The molecule has 1 heterocycles. The number of rotatable bonds is 5. The largest absolute Gasteiger partial charge is 0.344 e. The van der Waals surface area contributed by atoms with E-state index in [1.807, 2.05) is 6.07 Å². The van der Waals surface area contributed by atoms with Gasteiger partial charge in [-0.05, 0) is 35.8 Å². The Kier molecular flexibility index (Phi) is 5.03. The van der Waals surface area contributed by atoms with Gasteiger partial charge in [-0.3, -0.25) is 15.0 Å². The Labute approximate surface area is 155 Å². The summed E-state index contributed by atoms with van der Waals surface area (Å²) >= 11 is 0. The number of hydrogen-bond acceptors (Lipinski definition) is 3. The van der Waals surface area contributed by atoms with E-state index in [2.05, 4.69) is 10.7 Å². The topological polar surface area (TPSA) is 78.5 Å². The molecule has 1 saturated heterocycles. The van der Waals surface area contributed by atoms with Gasteiger partial charge in [0, 0.05) is 6.08 Å². The summed E-state index contributed by atoms with van der Waals surface area (Å²) in [5.74, 6) is -1.67. The second kappa shape index (κ2) is 7.41. The monoisotopic (exact) mass is 367 g/mol. The van der Waals surface area contributed by atoms with Crippen molar-refractivity contribution in [2.45, 2.75) is 18.9 Å². The number of urea groups is 1. The summed E-state index contributed by atoms with van der Waals surface area (Å²) in [6.07, 6.45) is 2.85. The highest BCUT2D eigenvalue weighted by Gasteiger charge is 2.52. The number of imide groups is 1. The van der Waals surface area contributed by atoms with Crippen LogP contribution in [0.15, 0.2) is 60.7 Å². The van der Waals surface area contributed by atoms with E-state index in [9.17, 15) is 18.8 Å². The fourth-order valence-corrected chi connectivity index (χ4v) is 2.97. The standard InChI is InChI=1S/C20H18FN3O3/c1-2-20(15-8-4-3-5-9-15)18(26)24(19(27)22-20)23-17(25)12-11-14-7-6-10-16(21)13-14/h3-13H,2H2,1H3,(H,22,27)(H,23,25)/b12-11+/t20-/m0/s1. The molecule has 4 amide bonds. The first-order chi connectivity index (χ1) is 13.0. The molecule has 27 heavy (non-hydrogen) atoms. The van der Waals surface area contributed by atoms with Gasteiger partial charge in [0.25, 0.3) is 11.8 Å². The van der Waals surface area contributed by atoms with Crippen molar-refractivity contribution in [1.82, 2.24) is 15.8 Å². The number of halogens is 1. The Bertz CT molecular complexity index is 914. The quantitative estimate of drug-likeness (QED) is 0.630. The number of hydrazine groups is 1. The smallest absolute Gasteiger partial charge is 0.318 e. The number of nitrogens with one attached hydrogen (secondary N) is 2. The molecule has 0 saturated carbocycles. The fraction of sp³-hybridized carbons (Fsp3) is 0.150. The van der Waals surface area contributed by atoms with Crippen molar-refractivity contribution in [3.8, 4) is 0 Å². The van der Waals surface area contributed by atoms with Crippen molar-refractivity contribution in [3.63, 3.8) is 0 Å². The maximum absolute atomic E-state index is 13.2. The summed E-state index contributed by atoms with van der Waals surface area (Å²) in [7, 11) is 0. The molecule has 0 bridgehead atoms. The normalized spacial score (nSPS) is 19.4. The van der Waals surface area contributed by atoms with E-state index >= 15 is 0 Å². The highest BCUT2D eigenvalue weighted by atomic mass is 19.1. The van der Waals surface area contributed by atoms with E-state index in [-0.39, 0.29) is 0 Å². The lowest BCUT2D eigenvalue weighted by Crippen LogP contribution is -2.48. The molecule has 1 aliphatic heterocycles. The molecule has 3 rings (SSSR count). The Morgan fingerprint density at radius 1 is 1.19 bits per heavy atom. The number of carbonyl (C=O) groups is 3. The maximum Gasteiger partial charge on any atom is 0.344 e. The lowest BCUT2D eigenvalue weighted by molar-refractivity contribution is -0.138. The predicted molar refractivity (Wildman–Crippen MR) is 97.4 cm³/mol. The molecule has 0 unspecified atom stereocenters. The van der Waals surface area contributed by atoms with E-state index in [0.29, 0.717) is 22.6 Å². The molecule has 2 aromatic rings. The number of carbonyl (C=O) groups excluding carboxylic acids is 3. The summed E-state index contributed by atoms with van der Waals surface area (Å²) in [5, 5.41) is 3.34. The van der Waals surface area contributed by atoms with Crippen LogP contribution in [0.3, 0.4) is 0 Å². The van der Waals surface area contributed by atoms with Gasteiger partial charge < -0.3 is 5.32 Å². The molecule has 1 fully saturated rings. The minimum Gasteiger partial charge on any atom is -0.318 e. The fourth-order valence-electron chi connectivity index (χ4n) is 2.97. The van der Waals surface area contributed by atoms with Gasteiger partial charge in [-0.15, -0.1) is 0 Å². The Balaban J connectivity index is 1.76. The van der Waals surface area contributed by atoms with Crippen LogP contribution in [0, 0.1) is 5.82 Å². The van der Waals surface area contributed by atoms with Gasteiger partial charge >= 0.3 is 6.03 Å². The van der Waals surface area contributed by atoms with Crippen LogP contribution in [0.25, 0.3) is 6.08 Å². The minimum atomic E-state index is -1.22. The number of nitrogens with zero attached hydrogens (tertiary/aromatic N) is 1. The number of hydrogen-bond donors (Lipinski definition) is 2. The second-order valence-corrected chi connectivity index (χ2v) is 6.06. The van der Waals surface area contributed by atoms with Crippen molar-refractivity contribution in [1.29, 1.82) is 0 Å². The molecule has 2 N–H and O–H groups in total. The van der Waals surface area contributed by atoms with Crippen molar-refractivity contribution < 1.29 is 18.8 Å². The molecular weight excluding hydrogens is 349 g/mol. The van der Waals surface area contributed by atoms with Gasteiger partial charge in [0.05, 0.1) is 0 Å². The van der Waals surface area contributed by atoms with E-state index in [1.165, 1.54) is 24.3 Å². The van der Waals surface area contributed by atoms with E-state index in [4.69, 9.17) is 0 Å². The first-order valence-corrected chi connectivity index (χ1v) is 8.43. The van der Waals surface area contributed by atoms with Crippen molar-refractivity contribution in [3.05, 3.63) is 77.6 Å². The zero-order chi connectivity index (χ0) is 19.4. The first-order valence-electron chi connectivity index (χ1n) is 8.43. The highest BCUT2D eigenvalue weighted by Crippen LogP contribution is 2.31. The van der Waals surface area contributed by atoms with Gasteiger partial charge in [0.15, 0.2) is 0 Å². The molecule has 7 heteroatoms. The molecule has 0 aromatic heterocycles. The summed E-state index contributed by atoms with van der Waals surface area (Å²) in [5.41, 5.74) is 2.17. The molecule has 0 radical (unpaired) electrons. The van der Waals surface area contributed by atoms with Crippen LogP contribution in [0.1, 0.15) is 24.5 Å². The molecule has 2 aromatic carbocycles. The lowest BCUT2D eigenvalue weighted by atomic mass is 9.87. The van der Waals surface area contributed by atoms with E-state index in [1.54, 1.807) is 37.3 Å². The lowest BCUT2D eigenvalue weighted by Gasteiger charge is -2.25. The van der Waals surface area contributed by atoms with Crippen molar-refractivity contribution >= 4 is 23.9 Å². The molecule has 6 nitrogen and oxygen atoms in total. The van der Waals surface area contributed by atoms with Crippen LogP contribution in [-0.2, 0) is 15.1 Å². The molecule has 0 aliphatic carbocycles. The molecule has 138 valence electrons. The third kappa shape index (κ3) is 3.57.